The zero-order chi connectivity index (χ0) is 15.4. The molecule has 2 aromatic rings. The van der Waals surface area contributed by atoms with Gasteiger partial charge < -0.3 is 10.0 Å². The van der Waals surface area contributed by atoms with E-state index in [1.165, 1.54) is 5.56 Å². The van der Waals surface area contributed by atoms with Crippen LogP contribution in [0.5, 0.6) is 0 Å². The number of aliphatic hydroxyl groups excluding tert-OH is 1. The highest BCUT2D eigenvalue weighted by molar-refractivity contribution is 5.79. The van der Waals surface area contributed by atoms with Gasteiger partial charge in [-0.1, -0.05) is 54.6 Å². The summed E-state index contributed by atoms with van der Waals surface area (Å²) in [4.78, 5) is 14.2. The molecule has 1 atom stereocenters. The first-order valence-corrected chi connectivity index (χ1v) is 7.82. The fourth-order valence-electron chi connectivity index (χ4n) is 3.08. The molecule has 1 aliphatic heterocycles. The highest BCUT2D eigenvalue weighted by Crippen LogP contribution is 2.21. The van der Waals surface area contributed by atoms with Crippen molar-refractivity contribution in [2.24, 2.45) is 0 Å². The van der Waals surface area contributed by atoms with Crippen molar-refractivity contribution in [3.05, 3.63) is 60.2 Å². The lowest BCUT2D eigenvalue weighted by Gasteiger charge is -2.23. The third-order valence-electron chi connectivity index (χ3n) is 4.32. The van der Waals surface area contributed by atoms with Crippen molar-refractivity contribution >= 4 is 5.91 Å². The normalized spacial score (nSPS) is 17.7. The molecule has 0 spiro atoms. The first kappa shape index (κ1) is 14.8. The molecule has 1 amide bonds. The maximum absolute atomic E-state index is 12.4. The molecule has 0 aliphatic carbocycles. The molecule has 3 heteroatoms. The van der Waals surface area contributed by atoms with Gasteiger partial charge in [-0.05, 0) is 29.5 Å². The van der Waals surface area contributed by atoms with Gasteiger partial charge in [-0.2, -0.15) is 0 Å². The number of likely N-dealkylation sites (tertiary alicyclic amines) is 1. The third-order valence-corrected chi connectivity index (χ3v) is 4.32. The molecule has 3 nitrogen and oxygen atoms in total. The van der Waals surface area contributed by atoms with Gasteiger partial charge in [0.2, 0.25) is 5.91 Å². The molecule has 1 aliphatic rings. The van der Waals surface area contributed by atoms with Gasteiger partial charge in [0.1, 0.15) is 0 Å². The Bertz CT molecular complexity index is 622. The van der Waals surface area contributed by atoms with Gasteiger partial charge >= 0.3 is 0 Å². The number of nitrogens with zero attached hydrogens (tertiary/aromatic N) is 1. The topological polar surface area (TPSA) is 40.5 Å². The summed E-state index contributed by atoms with van der Waals surface area (Å²) in [5, 5.41) is 9.32. The maximum atomic E-state index is 12.4. The van der Waals surface area contributed by atoms with E-state index in [-0.39, 0.29) is 18.6 Å². The molecule has 0 saturated carbocycles. The fourth-order valence-corrected chi connectivity index (χ4v) is 3.08. The van der Waals surface area contributed by atoms with Crippen LogP contribution >= 0.6 is 0 Å². The summed E-state index contributed by atoms with van der Waals surface area (Å²) in [6, 6.07) is 18.4. The third kappa shape index (κ3) is 3.20. The van der Waals surface area contributed by atoms with E-state index in [0.717, 1.165) is 30.5 Å². The van der Waals surface area contributed by atoms with Crippen molar-refractivity contribution in [3.63, 3.8) is 0 Å². The van der Waals surface area contributed by atoms with Gasteiger partial charge in [0.15, 0.2) is 0 Å². The molecule has 114 valence electrons. The van der Waals surface area contributed by atoms with Crippen molar-refractivity contribution in [2.75, 3.05) is 13.2 Å². The number of rotatable bonds is 4. The summed E-state index contributed by atoms with van der Waals surface area (Å²) in [7, 11) is 0. The van der Waals surface area contributed by atoms with Crippen LogP contribution in [0.15, 0.2) is 54.6 Å². The first-order chi connectivity index (χ1) is 10.8. The Labute approximate surface area is 131 Å². The highest BCUT2D eigenvalue weighted by atomic mass is 16.3. The lowest BCUT2D eigenvalue weighted by atomic mass is 10.0. The summed E-state index contributed by atoms with van der Waals surface area (Å²) in [6.45, 7) is 0.838. The van der Waals surface area contributed by atoms with Gasteiger partial charge in [0.05, 0.1) is 19.1 Å². The number of benzene rings is 2. The molecular formula is C19H21NO2. The summed E-state index contributed by atoms with van der Waals surface area (Å²) in [6.07, 6.45) is 2.31. The molecule has 0 bridgehead atoms. The summed E-state index contributed by atoms with van der Waals surface area (Å²) >= 11 is 0. The van der Waals surface area contributed by atoms with E-state index >= 15 is 0 Å². The molecule has 22 heavy (non-hydrogen) atoms. The van der Waals surface area contributed by atoms with Gasteiger partial charge in [0, 0.05) is 6.54 Å². The summed E-state index contributed by atoms with van der Waals surface area (Å²) in [5.74, 6) is 0.115. The Hall–Kier alpha value is -2.13. The van der Waals surface area contributed by atoms with Crippen LogP contribution < -0.4 is 0 Å². The fraction of sp³-hybridized carbons (Fsp3) is 0.316. The standard InChI is InChI=1S/C19H21NO2/c21-14-18-7-4-12-20(18)19(22)13-15-8-10-17(11-9-15)16-5-2-1-3-6-16/h1-3,5-6,8-11,18,21H,4,7,12-14H2/t18-/m1/s1. The lowest BCUT2D eigenvalue weighted by molar-refractivity contribution is -0.131. The van der Waals surface area contributed by atoms with E-state index in [1.807, 2.05) is 35.2 Å². The number of hydrogen-bond donors (Lipinski definition) is 1. The summed E-state index contributed by atoms with van der Waals surface area (Å²) in [5.41, 5.74) is 3.36. The van der Waals surface area contributed by atoms with E-state index in [4.69, 9.17) is 0 Å². The SMILES string of the molecule is O=C(Cc1ccc(-c2ccccc2)cc1)N1CCC[C@@H]1CO. The monoisotopic (exact) mass is 295 g/mol. The van der Waals surface area contributed by atoms with Crippen LogP contribution in [-0.2, 0) is 11.2 Å². The van der Waals surface area contributed by atoms with Gasteiger partial charge in [-0.3, -0.25) is 4.79 Å². The molecular weight excluding hydrogens is 274 g/mol. The number of carbonyl (C=O) groups is 1. The first-order valence-electron chi connectivity index (χ1n) is 7.82. The van der Waals surface area contributed by atoms with Crippen molar-refractivity contribution in [2.45, 2.75) is 25.3 Å². The minimum absolute atomic E-state index is 0.0103. The molecule has 0 radical (unpaired) electrons. The molecule has 0 aromatic heterocycles. The number of amides is 1. The van der Waals surface area contributed by atoms with Crippen LogP contribution in [0, 0.1) is 0 Å². The van der Waals surface area contributed by atoms with Crippen molar-refractivity contribution in [1.29, 1.82) is 0 Å². The quantitative estimate of drug-likeness (QED) is 0.942. The smallest absolute Gasteiger partial charge is 0.227 e. The summed E-state index contributed by atoms with van der Waals surface area (Å²) < 4.78 is 0. The van der Waals surface area contributed by atoms with Crippen LogP contribution in [0.4, 0.5) is 0 Å². The van der Waals surface area contributed by atoms with E-state index in [0.29, 0.717) is 6.42 Å². The molecule has 1 N–H and O–H groups in total. The molecule has 2 aromatic carbocycles. The van der Waals surface area contributed by atoms with E-state index in [9.17, 15) is 9.90 Å². The van der Waals surface area contributed by atoms with Crippen LogP contribution in [0.3, 0.4) is 0 Å². The Morgan fingerprint density at radius 1 is 1.05 bits per heavy atom. The zero-order valence-corrected chi connectivity index (χ0v) is 12.6. The van der Waals surface area contributed by atoms with Crippen molar-refractivity contribution in [1.82, 2.24) is 4.90 Å². The zero-order valence-electron chi connectivity index (χ0n) is 12.6. The van der Waals surface area contributed by atoms with Crippen LogP contribution in [-0.4, -0.2) is 35.1 Å². The maximum Gasteiger partial charge on any atom is 0.227 e. The molecule has 1 heterocycles. The predicted octanol–water partition coefficient (Wildman–Crippen LogP) is 2.88. The number of hydrogen-bond acceptors (Lipinski definition) is 2. The number of aliphatic hydroxyl groups is 1. The Kier molecular flexibility index (Phi) is 4.54. The van der Waals surface area contributed by atoms with Gasteiger partial charge in [-0.25, -0.2) is 0 Å². The van der Waals surface area contributed by atoms with Crippen molar-refractivity contribution in [3.8, 4) is 11.1 Å². The van der Waals surface area contributed by atoms with E-state index in [2.05, 4.69) is 24.3 Å². The average molecular weight is 295 g/mol. The lowest BCUT2D eigenvalue weighted by Crippen LogP contribution is -2.38. The minimum atomic E-state index is 0.0103. The number of carbonyl (C=O) groups excluding carboxylic acids is 1. The second-order valence-electron chi connectivity index (χ2n) is 5.81. The average Bonchev–Trinajstić information content (AvgIpc) is 3.05. The van der Waals surface area contributed by atoms with E-state index in [1.54, 1.807) is 0 Å². The second-order valence-corrected chi connectivity index (χ2v) is 5.81. The van der Waals surface area contributed by atoms with Gasteiger partial charge in [0.25, 0.3) is 0 Å². The predicted molar refractivity (Wildman–Crippen MR) is 87.4 cm³/mol. The molecule has 3 rings (SSSR count). The highest BCUT2D eigenvalue weighted by Gasteiger charge is 2.27. The largest absolute Gasteiger partial charge is 0.394 e. The molecule has 1 saturated heterocycles. The Morgan fingerprint density at radius 3 is 2.41 bits per heavy atom. The van der Waals surface area contributed by atoms with Crippen molar-refractivity contribution < 1.29 is 9.90 Å². The van der Waals surface area contributed by atoms with Crippen LogP contribution in [0.1, 0.15) is 18.4 Å². The Balaban J connectivity index is 1.67. The van der Waals surface area contributed by atoms with Crippen LogP contribution in [0.2, 0.25) is 0 Å². The van der Waals surface area contributed by atoms with E-state index < -0.39 is 0 Å². The molecule has 0 unspecified atom stereocenters. The minimum Gasteiger partial charge on any atom is -0.394 e. The van der Waals surface area contributed by atoms with Crippen LogP contribution in [0.25, 0.3) is 11.1 Å². The molecule has 1 fully saturated rings. The second kappa shape index (κ2) is 6.75. The Morgan fingerprint density at radius 2 is 1.73 bits per heavy atom. The van der Waals surface area contributed by atoms with Gasteiger partial charge in [-0.15, -0.1) is 0 Å².